The van der Waals surface area contributed by atoms with E-state index in [4.69, 9.17) is 16.3 Å². The van der Waals surface area contributed by atoms with E-state index in [9.17, 15) is 12.8 Å². The van der Waals surface area contributed by atoms with Crippen LogP contribution in [0.15, 0.2) is 42.6 Å². The number of piperidine rings is 1. The molecule has 1 aliphatic carbocycles. The normalized spacial score (nSPS) is 28.1. The van der Waals surface area contributed by atoms with Crippen molar-refractivity contribution in [3.05, 3.63) is 54.0 Å². The highest BCUT2D eigenvalue weighted by atomic mass is 35.5. The standard InChI is InChI=1S/C25H33ClFN5O3S/c26-21-15-32(16-21)36(33,34)30-24-10-12-31(25-5-2-11-28-29-25)14-20(24)17-35-23-8-6-18(7-9-23)19-3-1-4-22(27)13-19/h1-5,11,13,18,20-21,23-24,30H,6-10,12,14-17H2/t18?,20-,23?,24-/m0/s1. The quantitative estimate of drug-likeness (QED) is 0.520. The molecule has 1 aromatic carbocycles. The highest BCUT2D eigenvalue weighted by Gasteiger charge is 2.39. The van der Waals surface area contributed by atoms with Gasteiger partial charge in [0.05, 0.1) is 18.1 Å². The molecule has 5 rings (SSSR count). The Morgan fingerprint density at radius 2 is 1.89 bits per heavy atom. The molecular weight excluding hydrogens is 505 g/mol. The monoisotopic (exact) mass is 537 g/mol. The lowest BCUT2D eigenvalue weighted by molar-refractivity contribution is -0.00230. The fraction of sp³-hybridized carbons (Fsp3) is 0.600. The van der Waals surface area contributed by atoms with E-state index in [2.05, 4.69) is 19.8 Å². The van der Waals surface area contributed by atoms with E-state index in [-0.39, 0.29) is 29.3 Å². The Bertz CT molecular complexity index is 1110. The van der Waals surface area contributed by atoms with Crippen LogP contribution in [0.2, 0.25) is 0 Å². The number of anilines is 1. The summed E-state index contributed by atoms with van der Waals surface area (Å²) in [6.07, 6.45) is 6.12. The van der Waals surface area contributed by atoms with Gasteiger partial charge < -0.3 is 9.64 Å². The van der Waals surface area contributed by atoms with Crippen molar-refractivity contribution in [2.24, 2.45) is 5.92 Å². The van der Waals surface area contributed by atoms with Gasteiger partial charge in [-0.25, -0.2) is 4.39 Å². The van der Waals surface area contributed by atoms with Crippen molar-refractivity contribution in [3.8, 4) is 0 Å². The Kier molecular flexibility index (Phi) is 8.07. The van der Waals surface area contributed by atoms with Crippen molar-refractivity contribution < 1.29 is 17.5 Å². The van der Waals surface area contributed by atoms with Gasteiger partial charge in [-0.15, -0.1) is 16.7 Å². The first-order valence-corrected chi connectivity index (χ1v) is 14.6. The number of aromatic nitrogens is 2. The molecular formula is C25H33ClFN5O3S. The molecule has 11 heteroatoms. The second-order valence-corrected chi connectivity index (χ2v) is 12.4. The van der Waals surface area contributed by atoms with Crippen LogP contribution in [0.4, 0.5) is 10.2 Å². The number of nitrogens with one attached hydrogen (secondary N) is 1. The Morgan fingerprint density at radius 3 is 2.58 bits per heavy atom. The number of halogens is 2. The molecule has 0 spiro atoms. The second kappa shape index (κ2) is 11.3. The smallest absolute Gasteiger partial charge is 0.279 e. The van der Waals surface area contributed by atoms with Crippen molar-refractivity contribution >= 4 is 27.6 Å². The molecule has 3 fully saturated rings. The highest BCUT2D eigenvalue weighted by Crippen LogP contribution is 2.35. The molecule has 0 radical (unpaired) electrons. The van der Waals surface area contributed by atoms with Crippen molar-refractivity contribution in [2.75, 3.05) is 37.7 Å². The van der Waals surface area contributed by atoms with E-state index in [1.165, 1.54) is 10.4 Å². The molecule has 3 heterocycles. The maximum Gasteiger partial charge on any atom is 0.279 e. The zero-order valence-electron chi connectivity index (χ0n) is 20.2. The molecule has 0 bridgehead atoms. The molecule has 1 saturated carbocycles. The summed E-state index contributed by atoms with van der Waals surface area (Å²) >= 11 is 6.01. The van der Waals surface area contributed by atoms with Crippen LogP contribution in [-0.4, -0.2) is 73.2 Å². The summed E-state index contributed by atoms with van der Waals surface area (Å²) in [5, 5.41) is 8.10. The number of rotatable bonds is 8. The topological polar surface area (TPSA) is 87.7 Å². The van der Waals surface area contributed by atoms with Gasteiger partial charge in [-0.2, -0.15) is 22.5 Å². The molecule has 196 valence electrons. The van der Waals surface area contributed by atoms with Gasteiger partial charge in [0.2, 0.25) is 0 Å². The SMILES string of the molecule is O=S(=O)(N[C@H]1CCN(c2cccnn2)C[C@H]1COC1CCC(c2cccc(F)c2)CC1)N1CC(Cl)C1. The summed E-state index contributed by atoms with van der Waals surface area (Å²) in [5.41, 5.74) is 1.06. The summed E-state index contributed by atoms with van der Waals surface area (Å²) in [7, 11) is -3.59. The lowest BCUT2D eigenvalue weighted by Gasteiger charge is -2.42. The molecule has 2 atom stereocenters. The van der Waals surface area contributed by atoms with Crippen LogP contribution < -0.4 is 9.62 Å². The summed E-state index contributed by atoms with van der Waals surface area (Å²) in [4.78, 5) is 2.14. The summed E-state index contributed by atoms with van der Waals surface area (Å²) in [6.45, 7) is 2.44. The number of nitrogens with zero attached hydrogens (tertiary/aromatic N) is 4. The molecule has 3 aliphatic rings. The zero-order valence-corrected chi connectivity index (χ0v) is 21.7. The molecule has 36 heavy (non-hydrogen) atoms. The summed E-state index contributed by atoms with van der Waals surface area (Å²) in [6, 6.07) is 10.4. The minimum absolute atomic E-state index is 0.0375. The molecule has 0 unspecified atom stereocenters. The number of benzene rings is 1. The Balaban J connectivity index is 1.20. The minimum Gasteiger partial charge on any atom is -0.378 e. The van der Waals surface area contributed by atoms with Crippen molar-refractivity contribution in [2.45, 2.75) is 55.5 Å². The molecule has 2 aliphatic heterocycles. The summed E-state index contributed by atoms with van der Waals surface area (Å²) in [5.74, 6) is 0.907. The van der Waals surface area contributed by atoms with Crippen LogP contribution in [-0.2, 0) is 14.9 Å². The van der Waals surface area contributed by atoms with E-state index >= 15 is 0 Å². The average molecular weight is 538 g/mol. The third kappa shape index (κ3) is 6.16. The van der Waals surface area contributed by atoms with E-state index in [1.54, 1.807) is 18.3 Å². The van der Waals surface area contributed by atoms with Gasteiger partial charge >= 0.3 is 0 Å². The van der Waals surface area contributed by atoms with Gasteiger partial charge in [-0.1, -0.05) is 12.1 Å². The predicted octanol–water partition coefficient (Wildman–Crippen LogP) is 3.31. The average Bonchev–Trinajstić information content (AvgIpc) is 2.87. The van der Waals surface area contributed by atoms with Crippen molar-refractivity contribution in [1.82, 2.24) is 19.2 Å². The molecule has 1 aromatic heterocycles. The highest BCUT2D eigenvalue weighted by molar-refractivity contribution is 7.87. The van der Waals surface area contributed by atoms with E-state index in [0.717, 1.165) is 37.1 Å². The molecule has 2 saturated heterocycles. The van der Waals surface area contributed by atoms with Crippen LogP contribution in [0.5, 0.6) is 0 Å². The van der Waals surface area contributed by atoms with Gasteiger partial charge in [0, 0.05) is 44.3 Å². The number of hydrogen-bond acceptors (Lipinski definition) is 6. The van der Waals surface area contributed by atoms with Crippen LogP contribution in [0.1, 0.15) is 43.6 Å². The summed E-state index contributed by atoms with van der Waals surface area (Å²) < 4.78 is 50.1. The zero-order chi connectivity index (χ0) is 25.1. The maximum atomic E-state index is 13.6. The minimum atomic E-state index is -3.59. The van der Waals surface area contributed by atoms with Crippen molar-refractivity contribution in [3.63, 3.8) is 0 Å². The first kappa shape index (κ1) is 25.8. The third-order valence-corrected chi connectivity index (χ3v) is 9.45. The van der Waals surface area contributed by atoms with Crippen LogP contribution in [0, 0.1) is 11.7 Å². The van der Waals surface area contributed by atoms with Gasteiger partial charge in [0.1, 0.15) is 5.82 Å². The van der Waals surface area contributed by atoms with Crippen LogP contribution >= 0.6 is 11.6 Å². The lowest BCUT2D eigenvalue weighted by atomic mass is 9.82. The predicted molar refractivity (Wildman–Crippen MR) is 137 cm³/mol. The second-order valence-electron chi connectivity index (χ2n) is 10.1. The van der Waals surface area contributed by atoms with Crippen molar-refractivity contribution in [1.29, 1.82) is 0 Å². The van der Waals surface area contributed by atoms with Crippen LogP contribution in [0.25, 0.3) is 0 Å². The third-order valence-electron chi connectivity index (χ3n) is 7.60. The van der Waals surface area contributed by atoms with Gasteiger partial charge in [0.15, 0.2) is 5.82 Å². The molecule has 1 N–H and O–H groups in total. The number of hydrogen-bond donors (Lipinski definition) is 1. The fourth-order valence-electron chi connectivity index (χ4n) is 5.46. The lowest BCUT2D eigenvalue weighted by Crippen LogP contribution is -2.60. The molecule has 2 aromatic rings. The van der Waals surface area contributed by atoms with E-state index in [1.807, 2.05) is 18.2 Å². The molecule has 8 nitrogen and oxygen atoms in total. The maximum absolute atomic E-state index is 13.6. The van der Waals surface area contributed by atoms with Gasteiger partial charge in [0.25, 0.3) is 10.2 Å². The fourth-order valence-corrected chi connectivity index (χ4v) is 7.55. The van der Waals surface area contributed by atoms with Gasteiger partial charge in [-0.05, 0) is 67.9 Å². The first-order valence-electron chi connectivity index (χ1n) is 12.7. The largest absolute Gasteiger partial charge is 0.378 e. The first-order chi connectivity index (χ1) is 17.4. The number of alkyl halides is 1. The van der Waals surface area contributed by atoms with E-state index in [0.29, 0.717) is 45.1 Å². The number of ether oxygens (including phenoxy) is 1. The Labute approximate surface area is 217 Å². The Hall–Kier alpha value is -1.85. The van der Waals surface area contributed by atoms with Gasteiger partial charge in [-0.3, -0.25) is 0 Å². The van der Waals surface area contributed by atoms with E-state index < -0.39 is 10.2 Å². The van der Waals surface area contributed by atoms with Crippen LogP contribution in [0.3, 0.4) is 0 Å². The molecule has 0 amide bonds. The Morgan fingerprint density at radius 1 is 1.08 bits per heavy atom.